The summed E-state index contributed by atoms with van der Waals surface area (Å²) in [6, 6.07) is 1.90. The molecule has 0 saturated carbocycles. The van der Waals surface area contributed by atoms with Gasteiger partial charge in [-0.05, 0) is 37.8 Å². The number of aromatic amines is 1. The Morgan fingerprint density at radius 3 is 2.77 bits per heavy atom. The van der Waals surface area contributed by atoms with E-state index in [-0.39, 0.29) is 5.91 Å². The molecular weight excluding hydrogens is 323 g/mol. The molecule has 1 aromatic carbocycles. The molecule has 0 spiro atoms. The fraction of sp³-hybridized carbons (Fsp3) is 0.438. The first kappa shape index (κ1) is 17.0. The molecule has 0 aliphatic rings. The Kier molecular flexibility index (Phi) is 5.98. The first-order valence-electron chi connectivity index (χ1n) is 7.37. The standard InChI is InChI=1S/C16H20Cl2N2O2/c1-3-19-13(21)7-5-4-6-10-9-20-16-11(10)8-12(22-2)14(17)15(16)18/h8-9,20H,3-7H2,1-2H3,(H,19,21). The van der Waals surface area contributed by atoms with Crippen molar-refractivity contribution >= 4 is 40.0 Å². The van der Waals surface area contributed by atoms with Crippen molar-refractivity contribution in [3.63, 3.8) is 0 Å². The molecule has 4 nitrogen and oxygen atoms in total. The molecule has 0 atom stereocenters. The number of halogens is 2. The zero-order valence-corrected chi connectivity index (χ0v) is 14.3. The fourth-order valence-corrected chi connectivity index (χ4v) is 2.95. The quantitative estimate of drug-likeness (QED) is 0.735. The van der Waals surface area contributed by atoms with Crippen molar-refractivity contribution in [2.24, 2.45) is 0 Å². The van der Waals surface area contributed by atoms with Crippen LogP contribution in [0.4, 0.5) is 0 Å². The summed E-state index contributed by atoms with van der Waals surface area (Å²) >= 11 is 12.4. The van der Waals surface area contributed by atoms with Crippen LogP contribution in [0.15, 0.2) is 12.3 Å². The minimum absolute atomic E-state index is 0.109. The number of carbonyl (C=O) groups is 1. The Morgan fingerprint density at radius 1 is 1.32 bits per heavy atom. The van der Waals surface area contributed by atoms with Crippen LogP contribution < -0.4 is 10.1 Å². The molecule has 120 valence electrons. The van der Waals surface area contributed by atoms with Gasteiger partial charge < -0.3 is 15.0 Å². The molecular formula is C16H20Cl2N2O2. The molecule has 0 aliphatic carbocycles. The second-order valence-electron chi connectivity index (χ2n) is 5.10. The van der Waals surface area contributed by atoms with Crippen LogP contribution >= 0.6 is 23.2 Å². The van der Waals surface area contributed by atoms with Gasteiger partial charge in [-0.15, -0.1) is 0 Å². The number of fused-ring (bicyclic) bond motifs is 1. The van der Waals surface area contributed by atoms with Gasteiger partial charge in [-0.3, -0.25) is 4.79 Å². The molecule has 2 N–H and O–H groups in total. The minimum atomic E-state index is 0.109. The number of aryl methyl sites for hydroxylation is 1. The molecule has 6 heteroatoms. The number of carbonyl (C=O) groups excluding carboxylic acids is 1. The monoisotopic (exact) mass is 342 g/mol. The highest BCUT2D eigenvalue weighted by atomic mass is 35.5. The van der Waals surface area contributed by atoms with Gasteiger partial charge in [-0.1, -0.05) is 23.2 Å². The number of ether oxygens (including phenoxy) is 1. The van der Waals surface area contributed by atoms with Gasteiger partial charge in [0.15, 0.2) is 0 Å². The van der Waals surface area contributed by atoms with E-state index < -0.39 is 0 Å². The molecule has 22 heavy (non-hydrogen) atoms. The lowest BCUT2D eigenvalue weighted by atomic mass is 10.1. The second-order valence-corrected chi connectivity index (χ2v) is 5.86. The number of rotatable bonds is 7. The molecule has 2 aromatic rings. The maximum atomic E-state index is 11.4. The lowest BCUT2D eigenvalue weighted by Gasteiger charge is -2.07. The summed E-state index contributed by atoms with van der Waals surface area (Å²) in [6.07, 6.45) is 5.18. The Balaban J connectivity index is 2.06. The van der Waals surface area contributed by atoms with Gasteiger partial charge in [0.25, 0.3) is 0 Å². The third-order valence-electron chi connectivity index (χ3n) is 3.60. The normalized spacial score (nSPS) is 10.9. The SMILES string of the molecule is CCNC(=O)CCCCc1c[nH]c2c(Cl)c(Cl)c(OC)cc12. The molecule has 0 fully saturated rings. The van der Waals surface area contributed by atoms with Crippen molar-refractivity contribution < 1.29 is 9.53 Å². The fourth-order valence-electron chi connectivity index (χ4n) is 2.48. The number of methoxy groups -OCH3 is 1. The molecule has 0 bridgehead atoms. The number of nitrogens with one attached hydrogen (secondary N) is 2. The van der Waals surface area contributed by atoms with Crippen LogP contribution in [0.1, 0.15) is 31.7 Å². The highest BCUT2D eigenvalue weighted by Gasteiger charge is 2.14. The Morgan fingerprint density at radius 2 is 2.09 bits per heavy atom. The number of benzene rings is 1. The van der Waals surface area contributed by atoms with E-state index in [1.54, 1.807) is 7.11 Å². The third kappa shape index (κ3) is 3.68. The summed E-state index contributed by atoms with van der Waals surface area (Å²) in [5.41, 5.74) is 1.98. The van der Waals surface area contributed by atoms with E-state index in [9.17, 15) is 4.79 Å². The first-order chi connectivity index (χ1) is 10.6. The van der Waals surface area contributed by atoms with E-state index in [0.29, 0.717) is 28.8 Å². The topological polar surface area (TPSA) is 54.1 Å². The minimum Gasteiger partial charge on any atom is -0.495 e. The number of aromatic nitrogens is 1. The lowest BCUT2D eigenvalue weighted by molar-refractivity contribution is -0.121. The van der Waals surface area contributed by atoms with Gasteiger partial charge in [0.05, 0.1) is 17.6 Å². The van der Waals surface area contributed by atoms with Crippen LogP contribution in [0.25, 0.3) is 10.9 Å². The van der Waals surface area contributed by atoms with Gasteiger partial charge in [0.1, 0.15) is 10.8 Å². The van der Waals surface area contributed by atoms with Gasteiger partial charge in [-0.2, -0.15) is 0 Å². The summed E-state index contributed by atoms with van der Waals surface area (Å²) in [5, 5.41) is 4.72. The Labute approximate surface area is 140 Å². The Bertz CT molecular complexity index is 668. The first-order valence-corrected chi connectivity index (χ1v) is 8.12. The molecule has 1 heterocycles. The number of H-pyrrole nitrogens is 1. The van der Waals surface area contributed by atoms with Gasteiger partial charge in [-0.25, -0.2) is 0 Å². The number of amides is 1. The Hall–Kier alpha value is -1.39. The largest absolute Gasteiger partial charge is 0.495 e. The van der Waals surface area contributed by atoms with Crippen LogP contribution in [-0.4, -0.2) is 24.5 Å². The molecule has 1 amide bonds. The summed E-state index contributed by atoms with van der Waals surface area (Å²) in [4.78, 5) is 14.6. The van der Waals surface area contributed by atoms with E-state index in [1.807, 2.05) is 19.2 Å². The summed E-state index contributed by atoms with van der Waals surface area (Å²) in [7, 11) is 1.57. The summed E-state index contributed by atoms with van der Waals surface area (Å²) in [5.74, 6) is 0.681. The average Bonchev–Trinajstić information content (AvgIpc) is 2.90. The van der Waals surface area contributed by atoms with Crippen LogP contribution in [0.2, 0.25) is 10.0 Å². The highest BCUT2D eigenvalue weighted by Crippen LogP contribution is 2.39. The van der Waals surface area contributed by atoms with Crippen LogP contribution in [0.3, 0.4) is 0 Å². The predicted molar refractivity (Wildman–Crippen MR) is 91.1 cm³/mol. The molecule has 0 saturated heterocycles. The van der Waals surface area contributed by atoms with Crippen molar-refractivity contribution in [1.29, 1.82) is 0 Å². The number of hydrogen-bond donors (Lipinski definition) is 2. The highest BCUT2D eigenvalue weighted by molar-refractivity contribution is 6.46. The van der Waals surface area contributed by atoms with Crippen LogP contribution in [-0.2, 0) is 11.2 Å². The predicted octanol–water partition coefficient (Wildman–Crippen LogP) is 4.33. The van der Waals surface area contributed by atoms with Crippen molar-refractivity contribution in [1.82, 2.24) is 10.3 Å². The lowest BCUT2D eigenvalue weighted by Crippen LogP contribution is -2.22. The number of hydrogen-bond acceptors (Lipinski definition) is 2. The van der Waals surface area contributed by atoms with Gasteiger partial charge in [0.2, 0.25) is 5.91 Å². The molecule has 2 rings (SSSR count). The van der Waals surface area contributed by atoms with Crippen molar-refractivity contribution in [2.45, 2.75) is 32.6 Å². The molecule has 0 unspecified atom stereocenters. The van der Waals surface area contributed by atoms with Gasteiger partial charge in [0, 0.05) is 24.5 Å². The van der Waals surface area contributed by atoms with Crippen molar-refractivity contribution in [2.75, 3.05) is 13.7 Å². The third-order valence-corrected chi connectivity index (χ3v) is 4.45. The summed E-state index contributed by atoms with van der Waals surface area (Å²) < 4.78 is 5.26. The van der Waals surface area contributed by atoms with Crippen molar-refractivity contribution in [3.8, 4) is 5.75 Å². The maximum absolute atomic E-state index is 11.4. The maximum Gasteiger partial charge on any atom is 0.219 e. The second kappa shape index (κ2) is 7.75. The smallest absolute Gasteiger partial charge is 0.219 e. The molecule has 0 aliphatic heterocycles. The van der Waals surface area contributed by atoms with E-state index in [4.69, 9.17) is 27.9 Å². The molecule has 0 radical (unpaired) electrons. The van der Waals surface area contributed by atoms with E-state index >= 15 is 0 Å². The average molecular weight is 343 g/mol. The van der Waals surface area contributed by atoms with E-state index in [0.717, 1.165) is 35.7 Å². The van der Waals surface area contributed by atoms with E-state index in [2.05, 4.69) is 10.3 Å². The van der Waals surface area contributed by atoms with Crippen molar-refractivity contribution in [3.05, 3.63) is 27.9 Å². The van der Waals surface area contributed by atoms with Gasteiger partial charge >= 0.3 is 0 Å². The number of unbranched alkanes of at least 4 members (excludes halogenated alkanes) is 1. The van der Waals surface area contributed by atoms with Crippen LogP contribution in [0, 0.1) is 0 Å². The van der Waals surface area contributed by atoms with Crippen LogP contribution in [0.5, 0.6) is 5.75 Å². The zero-order chi connectivity index (χ0) is 16.1. The summed E-state index contributed by atoms with van der Waals surface area (Å²) in [6.45, 7) is 2.60. The zero-order valence-electron chi connectivity index (χ0n) is 12.8. The molecule has 1 aromatic heterocycles. The van der Waals surface area contributed by atoms with E-state index in [1.165, 1.54) is 0 Å².